The van der Waals surface area contributed by atoms with Gasteiger partial charge in [-0.15, -0.1) is 0 Å². The highest BCUT2D eigenvalue weighted by atomic mass is 16.2. The highest BCUT2D eigenvalue weighted by Crippen LogP contribution is 2.06. The van der Waals surface area contributed by atoms with E-state index in [1.54, 1.807) is 0 Å². The predicted octanol–water partition coefficient (Wildman–Crippen LogP) is 0.783. The molecule has 4 nitrogen and oxygen atoms in total. The van der Waals surface area contributed by atoms with Crippen molar-refractivity contribution in [2.75, 3.05) is 6.54 Å². The summed E-state index contributed by atoms with van der Waals surface area (Å²) in [5.41, 5.74) is 7.27. The molecule has 0 aromatic heterocycles. The quantitative estimate of drug-likeness (QED) is 0.739. The molecule has 0 radical (unpaired) electrons. The highest BCUT2D eigenvalue weighted by molar-refractivity contribution is 6.34. The van der Waals surface area contributed by atoms with Crippen molar-refractivity contribution in [1.82, 2.24) is 5.32 Å². The fourth-order valence-electron chi connectivity index (χ4n) is 1.57. The molecule has 0 aliphatic rings. The second-order valence-corrected chi connectivity index (χ2v) is 3.94. The topological polar surface area (TPSA) is 72.2 Å². The zero-order valence-electron chi connectivity index (χ0n) is 10.0. The summed E-state index contributed by atoms with van der Waals surface area (Å²) in [5, 5.41) is 2.46. The van der Waals surface area contributed by atoms with Crippen LogP contribution in [0.2, 0.25) is 0 Å². The van der Waals surface area contributed by atoms with Gasteiger partial charge < -0.3 is 11.1 Å². The zero-order chi connectivity index (χ0) is 12.7. The Hall–Kier alpha value is -1.84. The van der Waals surface area contributed by atoms with Crippen molar-refractivity contribution < 1.29 is 9.59 Å². The molecule has 0 unspecified atom stereocenters. The second-order valence-electron chi connectivity index (χ2n) is 3.94. The number of nitrogens with two attached hydrogens (primary N) is 1. The van der Waals surface area contributed by atoms with E-state index in [4.69, 9.17) is 5.73 Å². The lowest BCUT2D eigenvalue weighted by molar-refractivity contribution is -0.137. The van der Waals surface area contributed by atoms with E-state index in [9.17, 15) is 9.59 Å². The molecular formula is C13H18N2O2. The molecule has 92 valence electrons. The Kier molecular flexibility index (Phi) is 5.20. The maximum Gasteiger partial charge on any atom is 0.309 e. The van der Waals surface area contributed by atoms with Crippen molar-refractivity contribution in [2.45, 2.75) is 26.2 Å². The lowest BCUT2D eigenvalue weighted by Gasteiger charge is -2.04. The van der Waals surface area contributed by atoms with Crippen LogP contribution in [0.5, 0.6) is 0 Å². The third kappa shape index (κ3) is 4.68. The van der Waals surface area contributed by atoms with Gasteiger partial charge in [-0.3, -0.25) is 9.59 Å². The van der Waals surface area contributed by atoms with Gasteiger partial charge in [0, 0.05) is 6.54 Å². The second kappa shape index (κ2) is 6.68. The van der Waals surface area contributed by atoms with Crippen LogP contribution in [0.4, 0.5) is 0 Å². The van der Waals surface area contributed by atoms with Gasteiger partial charge in [0.05, 0.1) is 0 Å². The van der Waals surface area contributed by atoms with Gasteiger partial charge in [-0.25, -0.2) is 0 Å². The number of nitrogens with one attached hydrogen (secondary N) is 1. The summed E-state index contributed by atoms with van der Waals surface area (Å²) in [6, 6.07) is 8.27. The maximum absolute atomic E-state index is 10.9. The summed E-state index contributed by atoms with van der Waals surface area (Å²) in [6.45, 7) is 2.57. The third-order valence-electron chi connectivity index (χ3n) is 2.48. The van der Waals surface area contributed by atoms with Crippen molar-refractivity contribution in [2.24, 2.45) is 5.73 Å². The number of carbonyl (C=O) groups is 2. The molecular weight excluding hydrogens is 216 g/mol. The van der Waals surface area contributed by atoms with Gasteiger partial charge >= 0.3 is 11.8 Å². The largest absolute Gasteiger partial charge is 0.361 e. The van der Waals surface area contributed by atoms with Crippen molar-refractivity contribution in [3.8, 4) is 0 Å². The minimum Gasteiger partial charge on any atom is -0.361 e. The first kappa shape index (κ1) is 13.2. The van der Waals surface area contributed by atoms with E-state index in [1.165, 1.54) is 5.56 Å². The van der Waals surface area contributed by atoms with E-state index in [1.807, 2.05) is 12.1 Å². The molecule has 0 bridgehead atoms. The Morgan fingerprint density at radius 2 is 1.65 bits per heavy atom. The number of primary amides is 1. The van der Waals surface area contributed by atoms with Gasteiger partial charge in [0.25, 0.3) is 0 Å². The van der Waals surface area contributed by atoms with Gasteiger partial charge in [-0.2, -0.15) is 0 Å². The molecule has 0 saturated carbocycles. The molecule has 3 N–H and O–H groups in total. The zero-order valence-corrected chi connectivity index (χ0v) is 10.0. The summed E-state index contributed by atoms with van der Waals surface area (Å²) >= 11 is 0. The third-order valence-corrected chi connectivity index (χ3v) is 2.48. The molecule has 0 saturated heterocycles. The lowest BCUT2D eigenvalue weighted by atomic mass is 10.1. The van der Waals surface area contributed by atoms with E-state index < -0.39 is 11.8 Å². The van der Waals surface area contributed by atoms with Crippen LogP contribution in [0.25, 0.3) is 0 Å². The maximum atomic E-state index is 10.9. The summed E-state index contributed by atoms with van der Waals surface area (Å²) in [5.74, 6) is -1.67. The first-order valence-electron chi connectivity index (χ1n) is 5.79. The van der Waals surface area contributed by atoms with Crippen molar-refractivity contribution >= 4 is 11.8 Å². The minimum absolute atomic E-state index is 0.425. The minimum atomic E-state index is -0.941. The van der Waals surface area contributed by atoms with Crippen LogP contribution in [0.15, 0.2) is 24.3 Å². The number of hydrogen-bond donors (Lipinski definition) is 2. The van der Waals surface area contributed by atoms with Crippen molar-refractivity contribution in [1.29, 1.82) is 0 Å². The SMILES string of the molecule is CCCc1ccc(CCNC(=O)C(N)=O)cc1. The lowest BCUT2D eigenvalue weighted by Crippen LogP contribution is -2.37. The Balaban J connectivity index is 2.37. The standard InChI is InChI=1S/C13H18N2O2/c1-2-3-10-4-6-11(7-5-10)8-9-15-13(17)12(14)16/h4-7H,2-3,8-9H2,1H3,(H2,14,16)(H,15,17). The predicted molar refractivity (Wildman–Crippen MR) is 66.3 cm³/mol. The van der Waals surface area contributed by atoms with Crippen molar-refractivity contribution in [3.63, 3.8) is 0 Å². The summed E-state index contributed by atoms with van der Waals surface area (Å²) in [6.07, 6.45) is 2.91. The van der Waals surface area contributed by atoms with Gasteiger partial charge in [0.15, 0.2) is 0 Å². The van der Waals surface area contributed by atoms with Crippen LogP contribution in [0, 0.1) is 0 Å². The number of hydrogen-bond acceptors (Lipinski definition) is 2. The first-order valence-corrected chi connectivity index (χ1v) is 5.79. The number of benzene rings is 1. The van der Waals surface area contributed by atoms with Crippen LogP contribution < -0.4 is 11.1 Å². The summed E-state index contributed by atoms with van der Waals surface area (Å²) in [4.78, 5) is 21.4. The molecule has 17 heavy (non-hydrogen) atoms. The van der Waals surface area contributed by atoms with E-state index in [0.717, 1.165) is 18.4 Å². The molecule has 1 aromatic rings. The Morgan fingerprint density at radius 3 is 2.12 bits per heavy atom. The van der Waals surface area contributed by atoms with Crippen LogP contribution in [-0.4, -0.2) is 18.4 Å². The first-order chi connectivity index (χ1) is 8.13. The average molecular weight is 234 g/mol. The number of rotatable bonds is 5. The molecule has 0 aliphatic carbocycles. The fourth-order valence-corrected chi connectivity index (χ4v) is 1.57. The summed E-state index contributed by atoms with van der Waals surface area (Å²) in [7, 11) is 0. The van der Waals surface area contributed by atoms with Crippen molar-refractivity contribution in [3.05, 3.63) is 35.4 Å². The molecule has 1 aromatic carbocycles. The monoisotopic (exact) mass is 234 g/mol. The van der Waals surface area contributed by atoms with E-state index >= 15 is 0 Å². The van der Waals surface area contributed by atoms with E-state index in [-0.39, 0.29) is 0 Å². The number of aryl methyl sites for hydroxylation is 1. The summed E-state index contributed by atoms with van der Waals surface area (Å²) < 4.78 is 0. The Bertz CT molecular complexity index is 385. The number of amides is 2. The molecule has 2 amide bonds. The van der Waals surface area contributed by atoms with Crippen LogP contribution in [0.1, 0.15) is 24.5 Å². The molecule has 0 heterocycles. The molecule has 4 heteroatoms. The molecule has 0 aliphatic heterocycles. The Morgan fingerprint density at radius 1 is 1.12 bits per heavy atom. The number of carbonyl (C=O) groups excluding carboxylic acids is 2. The van der Waals surface area contributed by atoms with Gasteiger partial charge in [0.2, 0.25) is 0 Å². The highest BCUT2D eigenvalue weighted by Gasteiger charge is 2.06. The van der Waals surface area contributed by atoms with Crippen LogP contribution >= 0.6 is 0 Å². The van der Waals surface area contributed by atoms with Crippen LogP contribution in [0.3, 0.4) is 0 Å². The molecule has 0 spiro atoms. The van der Waals surface area contributed by atoms with E-state index in [0.29, 0.717) is 13.0 Å². The van der Waals surface area contributed by atoms with Gasteiger partial charge in [-0.1, -0.05) is 37.6 Å². The van der Waals surface area contributed by atoms with Gasteiger partial charge in [0.1, 0.15) is 0 Å². The smallest absolute Gasteiger partial charge is 0.309 e. The fraction of sp³-hybridized carbons (Fsp3) is 0.385. The molecule has 0 atom stereocenters. The normalized spacial score (nSPS) is 9.94. The van der Waals surface area contributed by atoms with E-state index in [2.05, 4.69) is 24.4 Å². The van der Waals surface area contributed by atoms with Crippen LogP contribution in [-0.2, 0) is 22.4 Å². The van der Waals surface area contributed by atoms with Gasteiger partial charge in [-0.05, 0) is 24.0 Å². The Labute approximate surface area is 101 Å². The molecule has 1 rings (SSSR count). The molecule has 0 fully saturated rings. The average Bonchev–Trinajstić information content (AvgIpc) is 2.31.